The molecule has 2 amide bonds. The molecule has 1 unspecified atom stereocenters. The third kappa shape index (κ3) is 4.86. The molecule has 1 aliphatic rings. The van der Waals surface area contributed by atoms with Crippen molar-refractivity contribution >= 4 is 38.8 Å². The predicted octanol–water partition coefficient (Wildman–Crippen LogP) is 2.73. The Morgan fingerprint density at radius 3 is 2.55 bits per heavy atom. The summed E-state index contributed by atoms with van der Waals surface area (Å²) < 4.78 is 35.9. The Morgan fingerprint density at radius 1 is 1.06 bits per heavy atom. The summed E-state index contributed by atoms with van der Waals surface area (Å²) in [6.07, 6.45) is 1.74. The minimum Gasteiger partial charge on any atom is -0.336 e. The second-order valence-electron chi connectivity index (χ2n) is 7.65. The third-order valence-electron chi connectivity index (χ3n) is 5.47. The summed E-state index contributed by atoms with van der Waals surface area (Å²) in [6.45, 7) is 3.19. The van der Waals surface area contributed by atoms with E-state index < -0.39 is 10.0 Å². The van der Waals surface area contributed by atoms with Gasteiger partial charge >= 0.3 is 6.03 Å². The molecule has 4 rings (SSSR count). The van der Waals surface area contributed by atoms with Crippen LogP contribution in [0, 0.1) is 0 Å². The van der Waals surface area contributed by atoms with E-state index in [1.807, 2.05) is 25.1 Å². The number of aryl methyl sites for hydroxylation is 1. The first-order valence-corrected chi connectivity index (χ1v) is 12.4. The van der Waals surface area contributed by atoms with Crippen LogP contribution in [0.3, 0.4) is 0 Å². The second-order valence-corrected chi connectivity index (χ2v) is 10.1. The summed E-state index contributed by atoms with van der Waals surface area (Å²) in [6, 6.07) is 15.0. The number of amides is 2. The smallest absolute Gasteiger partial charge is 0.317 e. The van der Waals surface area contributed by atoms with Gasteiger partial charge in [-0.15, -0.1) is 0 Å². The molecule has 2 heterocycles. The van der Waals surface area contributed by atoms with Gasteiger partial charge in [0, 0.05) is 32.2 Å². The first-order valence-electron chi connectivity index (χ1n) is 10.3. The average molecular weight is 460 g/mol. The molecule has 0 aliphatic carbocycles. The fourth-order valence-electron chi connectivity index (χ4n) is 3.66. The summed E-state index contributed by atoms with van der Waals surface area (Å²) >= 11 is 0.998. The zero-order valence-electron chi connectivity index (χ0n) is 17.3. The Morgan fingerprint density at radius 2 is 1.81 bits per heavy atom. The molecule has 164 valence electrons. The van der Waals surface area contributed by atoms with Gasteiger partial charge in [0.15, 0.2) is 0 Å². The molecule has 0 radical (unpaired) electrons. The van der Waals surface area contributed by atoms with Crippen molar-refractivity contribution in [3.05, 3.63) is 54.1 Å². The summed E-state index contributed by atoms with van der Waals surface area (Å²) in [5.74, 6) is 0. The van der Waals surface area contributed by atoms with Crippen LogP contribution in [0.5, 0.6) is 0 Å². The van der Waals surface area contributed by atoms with E-state index in [1.165, 1.54) is 9.87 Å². The molecular formula is C21H25N5O3S2. The lowest BCUT2D eigenvalue weighted by molar-refractivity contribution is 0.169. The molecule has 2 aromatic carbocycles. The largest absolute Gasteiger partial charge is 0.336 e. The highest BCUT2D eigenvalue weighted by Crippen LogP contribution is 2.25. The molecule has 0 bridgehead atoms. The van der Waals surface area contributed by atoms with Crippen LogP contribution in [-0.2, 0) is 16.4 Å². The van der Waals surface area contributed by atoms with Crippen LogP contribution in [0.15, 0.2) is 53.4 Å². The normalized spacial score (nSPS) is 16.4. The van der Waals surface area contributed by atoms with Crippen molar-refractivity contribution in [1.29, 1.82) is 0 Å². The minimum absolute atomic E-state index is 0.0317. The summed E-state index contributed by atoms with van der Waals surface area (Å²) in [7, 11) is -3.69. The highest BCUT2D eigenvalue weighted by atomic mass is 32.2. The van der Waals surface area contributed by atoms with E-state index in [0.717, 1.165) is 24.6 Å². The maximum Gasteiger partial charge on any atom is 0.317 e. The van der Waals surface area contributed by atoms with Gasteiger partial charge in [0.05, 0.1) is 11.7 Å². The lowest BCUT2D eigenvalue weighted by Gasteiger charge is -2.34. The van der Waals surface area contributed by atoms with Crippen molar-refractivity contribution < 1.29 is 13.2 Å². The standard InChI is InChI=1S/C21H25N5O3S2/c1-16(10-11-17-6-3-2-4-7-17)22-21(27)25-12-14-26(15-13-25)31(28,29)19-9-5-8-18-20(19)24-30-23-18/h2-9,16H,10-15H2,1H3,(H,22,27). The fraction of sp³-hybridized carbons (Fsp3) is 0.381. The Bertz CT molecular complexity index is 1140. The van der Waals surface area contributed by atoms with Crippen molar-refractivity contribution in [3.8, 4) is 0 Å². The van der Waals surface area contributed by atoms with E-state index in [-0.39, 0.29) is 30.1 Å². The van der Waals surface area contributed by atoms with Gasteiger partial charge in [-0.2, -0.15) is 13.1 Å². The van der Waals surface area contributed by atoms with Crippen LogP contribution in [-0.4, -0.2) is 64.6 Å². The van der Waals surface area contributed by atoms with E-state index >= 15 is 0 Å². The van der Waals surface area contributed by atoms with Crippen LogP contribution in [0.2, 0.25) is 0 Å². The highest BCUT2D eigenvalue weighted by Gasteiger charge is 2.32. The fourth-order valence-corrected chi connectivity index (χ4v) is 5.84. The zero-order valence-corrected chi connectivity index (χ0v) is 18.9. The Kier molecular flexibility index (Phi) is 6.49. The molecule has 1 atom stereocenters. The van der Waals surface area contributed by atoms with Gasteiger partial charge in [-0.1, -0.05) is 36.4 Å². The number of hydrogen-bond acceptors (Lipinski definition) is 6. The van der Waals surface area contributed by atoms with E-state index in [4.69, 9.17) is 0 Å². The maximum absolute atomic E-state index is 13.1. The van der Waals surface area contributed by atoms with Gasteiger partial charge in [-0.25, -0.2) is 13.2 Å². The number of urea groups is 1. The Hall–Kier alpha value is -2.56. The number of carbonyl (C=O) groups excluding carboxylic acids is 1. The Balaban J connectivity index is 1.31. The van der Waals surface area contributed by atoms with Crippen LogP contribution in [0.25, 0.3) is 11.0 Å². The second kappa shape index (κ2) is 9.29. The number of hydrogen-bond donors (Lipinski definition) is 1. The molecule has 1 saturated heterocycles. The quantitative estimate of drug-likeness (QED) is 0.612. The molecule has 1 aromatic heterocycles. The van der Waals surface area contributed by atoms with Crippen molar-refractivity contribution in [3.63, 3.8) is 0 Å². The molecule has 1 fully saturated rings. The van der Waals surface area contributed by atoms with Crippen LogP contribution < -0.4 is 5.32 Å². The minimum atomic E-state index is -3.69. The van der Waals surface area contributed by atoms with E-state index in [2.05, 4.69) is 26.2 Å². The lowest BCUT2D eigenvalue weighted by Crippen LogP contribution is -2.54. The molecule has 31 heavy (non-hydrogen) atoms. The van der Waals surface area contributed by atoms with Crippen molar-refractivity contribution in [2.45, 2.75) is 30.7 Å². The van der Waals surface area contributed by atoms with E-state index in [0.29, 0.717) is 24.1 Å². The first-order chi connectivity index (χ1) is 14.9. The van der Waals surface area contributed by atoms with Crippen LogP contribution in [0.4, 0.5) is 4.79 Å². The summed E-state index contributed by atoms with van der Waals surface area (Å²) in [5, 5.41) is 3.03. The number of carbonyl (C=O) groups is 1. The highest BCUT2D eigenvalue weighted by molar-refractivity contribution is 7.89. The molecule has 0 spiro atoms. The van der Waals surface area contributed by atoms with Crippen molar-refractivity contribution in [1.82, 2.24) is 23.3 Å². The molecule has 1 aliphatic heterocycles. The number of nitrogens with one attached hydrogen (secondary N) is 1. The van der Waals surface area contributed by atoms with Crippen molar-refractivity contribution in [2.24, 2.45) is 0 Å². The first kappa shape index (κ1) is 21.7. The van der Waals surface area contributed by atoms with E-state index in [1.54, 1.807) is 23.1 Å². The topological polar surface area (TPSA) is 95.5 Å². The molecule has 10 heteroatoms. The third-order valence-corrected chi connectivity index (χ3v) is 7.94. The summed E-state index contributed by atoms with van der Waals surface area (Å²) in [4.78, 5) is 14.5. The van der Waals surface area contributed by atoms with Gasteiger partial charge in [0.25, 0.3) is 0 Å². The van der Waals surface area contributed by atoms with Crippen molar-refractivity contribution in [2.75, 3.05) is 26.2 Å². The monoisotopic (exact) mass is 459 g/mol. The average Bonchev–Trinajstić information content (AvgIpc) is 3.27. The van der Waals surface area contributed by atoms with Crippen LogP contribution in [0.1, 0.15) is 18.9 Å². The number of aromatic nitrogens is 2. The Labute approximate surface area is 186 Å². The predicted molar refractivity (Wildman–Crippen MR) is 121 cm³/mol. The molecule has 1 N–H and O–H groups in total. The number of benzene rings is 2. The van der Waals surface area contributed by atoms with E-state index in [9.17, 15) is 13.2 Å². The number of nitrogens with zero attached hydrogens (tertiary/aromatic N) is 4. The van der Waals surface area contributed by atoms with Gasteiger partial charge in [-0.05, 0) is 37.5 Å². The summed E-state index contributed by atoms with van der Waals surface area (Å²) in [5.41, 5.74) is 2.22. The molecule has 0 saturated carbocycles. The number of fused-ring (bicyclic) bond motifs is 1. The molecular weight excluding hydrogens is 434 g/mol. The maximum atomic E-state index is 13.1. The van der Waals surface area contributed by atoms with Gasteiger partial charge < -0.3 is 10.2 Å². The van der Waals surface area contributed by atoms with Gasteiger partial charge in [0.2, 0.25) is 10.0 Å². The molecule has 3 aromatic rings. The molecule has 8 nitrogen and oxygen atoms in total. The van der Waals surface area contributed by atoms with Gasteiger partial charge in [0.1, 0.15) is 15.9 Å². The zero-order chi connectivity index (χ0) is 21.8. The van der Waals surface area contributed by atoms with Crippen LogP contribution >= 0.6 is 11.7 Å². The number of piperazine rings is 1. The van der Waals surface area contributed by atoms with Gasteiger partial charge in [-0.3, -0.25) is 0 Å². The number of rotatable bonds is 6. The lowest BCUT2D eigenvalue weighted by atomic mass is 10.1. The SMILES string of the molecule is CC(CCc1ccccc1)NC(=O)N1CCN(S(=O)(=O)c2cccc3nsnc23)CC1. The number of sulfonamides is 1.